The molecule has 0 radical (unpaired) electrons. The van der Waals surface area contributed by atoms with Crippen molar-refractivity contribution < 1.29 is 14.8 Å². The molecule has 0 aliphatic heterocycles. The molecule has 8 heteroatoms. The van der Waals surface area contributed by atoms with Crippen LogP contribution < -0.4 is 5.73 Å². The number of hydrogen-bond acceptors (Lipinski definition) is 6. The van der Waals surface area contributed by atoms with E-state index in [1.807, 2.05) is 0 Å². The summed E-state index contributed by atoms with van der Waals surface area (Å²) in [5.74, 6) is -0.445. The van der Waals surface area contributed by atoms with Crippen LogP contribution in [0, 0.1) is 10.1 Å². The van der Waals surface area contributed by atoms with Crippen molar-refractivity contribution in [1.29, 1.82) is 0 Å². The Morgan fingerprint density at radius 2 is 2.25 bits per heavy atom. The summed E-state index contributed by atoms with van der Waals surface area (Å²) in [5.41, 5.74) is 5.03. The zero-order valence-corrected chi connectivity index (χ0v) is 11.4. The van der Waals surface area contributed by atoms with E-state index in [1.54, 1.807) is 13.8 Å². The van der Waals surface area contributed by atoms with Crippen LogP contribution in [0.4, 0.5) is 11.5 Å². The summed E-state index contributed by atoms with van der Waals surface area (Å²) in [5, 5.41) is 19.8. The molecule has 1 amide bonds. The number of nitrogens with zero attached hydrogens (tertiary/aromatic N) is 3. The highest BCUT2D eigenvalue weighted by atomic mass is 16.6. The second-order valence-electron chi connectivity index (χ2n) is 4.55. The van der Waals surface area contributed by atoms with E-state index in [0.717, 1.165) is 6.20 Å². The molecule has 0 saturated heterocycles. The highest BCUT2D eigenvalue weighted by molar-refractivity contribution is 5.98. The minimum absolute atomic E-state index is 0.0461. The summed E-state index contributed by atoms with van der Waals surface area (Å²) in [6.45, 7) is 3.85. The number of amides is 1. The van der Waals surface area contributed by atoms with Crippen molar-refractivity contribution in [1.82, 2.24) is 9.88 Å². The van der Waals surface area contributed by atoms with Gasteiger partial charge in [-0.3, -0.25) is 14.9 Å². The maximum absolute atomic E-state index is 12.4. The molecular weight excluding hydrogens is 264 g/mol. The second-order valence-corrected chi connectivity index (χ2v) is 4.55. The lowest BCUT2D eigenvalue weighted by Gasteiger charge is -2.26. The molecule has 0 aromatic carbocycles. The van der Waals surface area contributed by atoms with Crippen molar-refractivity contribution in [2.75, 3.05) is 18.9 Å². The van der Waals surface area contributed by atoms with E-state index in [1.165, 1.54) is 11.0 Å². The number of aliphatic hydroxyl groups excluding tert-OH is 1. The van der Waals surface area contributed by atoms with Crippen molar-refractivity contribution in [3.8, 4) is 0 Å². The number of hydrogen-bond donors (Lipinski definition) is 2. The van der Waals surface area contributed by atoms with Crippen molar-refractivity contribution in [2.45, 2.75) is 26.3 Å². The first-order chi connectivity index (χ1) is 9.38. The summed E-state index contributed by atoms with van der Waals surface area (Å²) in [4.78, 5) is 27.8. The fourth-order valence-electron chi connectivity index (χ4n) is 1.77. The Balaban J connectivity index is 3.16. The van der Waals surface area contributed by atoms with Crippen molar-refractivity contribution in [3.05, 3.63) is 27.9 Å². The Bertz CT molecular complexity index is 504. The molecule has 0 unspecified atom stereocenters. The molecule has 0 spiro atoms. The van der Waals surface area contributed by atoms with E-state index in [-0.39, 0.29) is 29.7 Å². The van der Waals surface area contributed by atoms with Crippen LogP contribution in [0.2, 0.25) is 0 Å². The Morgan fingerprint density at radius 1 is 1.60 bits per heavy atom. The van der Waals surface area contributed by atoms with Crippen molar-refractivity contribution >= 4 is 17.4 Å². The molecule has 0 aliphatic rings. The maximum Gasteiger partial charge on any atom is 0.300 e. The van der Waals surface area contributed by atoms with E-state index in [4.69, 9.17) is 10.8 Å². The van der Waals surface area contributed by atoms with Crippen LogP contribution in [-0.2, 0) is 0 Å². The van der Waals surface area contributed by atoms with Crippen LogP contribution >= 0.6 is 0 Å². The normalized spacial score (nSPS) is 10.6. The van der Waals surface area contributed by atoms with Crippen LogP contribution in [0.5, 0.6) is 0 Å². The van der Waals surface area contributed by atoms with Gasteiger partial charge in [-0.1, -0.05) is 0 Å². The molecule has 1 aromatic rings. The molecule has 0 fully saturated rings. The lowest BCUT2D eigenvalue weighted by molar-refractivity contribution is -0.385. The topological polar surface area (TPSA) is 123 Å². The van der Waals surface area contributed by atoms with Gasteiger partial charge in [0.1, 0.15) is 17.6 Å². The fourth-order valence-corrected chi connectivity index (χ4v) is 1.77. The second kappa shape index (κ2) is 6.80. The van der Waals surface area contributed by atoms with Crippen molar-refractivity contribution in [3.63, 3.8) is 0 Å². The van der Waals surface area contributed by atoms with Crippen LogP contribution in [0.1, 0.15) is 30.6 Å². The van der Waals surface area contributed by atoms with Gasteiger partial charge in [-0.2, -0.15) is 0 Å². The number of anilines is 1. The molecule has 0 atom stereocenters. The summed E-state index contributed by atoms with van der Waals surface area (Å²) < 4.78 is 0. The predicted octanol–water partition coefficient (Wildman–Crippen LogP) is 0.805. The van der Waals surface area contributed by atoms with Gasteiger partial charge in [-0.25, -0.2) is 4.98 Å². The molecule has 1 heterocycles. The molecule has 110 valence electrons. The van der Waals surface area contributed by atoms with Crippen molar-refractivity contribution in [2.24, 2.45) is 0 Å². The third kappa shape index (κ3) is 3.64. The quantitative estimate of drug-likeness (QED) is 0.587. The average molecular weight is 282 g/mol. The van der Waals surface area contributed by atoms with Gasteiger partial charge in [-0.05, 0) is 26.3 Å². The minimum atomic E-state index is -0.662. The molecule has 1 rings (SSSR count). The number of rotatable bonds is 6. The Kier molecular flexibility index (Phi) is 5.39. The van der Waals surface area contributed by atoms with E-state index in [0.29, 0.717) is 13.0 Å². The zero-order valence-electron chi connectivity index (χ0n) is 11.4. The Hall–Kier alpha value is -2.22. The summed E-state index contributed by atoms with van der Waals surface area (Å²) in [7, 11) is 0. The van der Waals surface area contributed by atoms with Gasteiger partial charge in [0.05, 0.1) is 4.92 Å². The molecule has 1 aromatic heterocycles. The first-order valence-corrected chi connectivity index (χ1v) is 6.20. The van der Waals surface area contributed by atoms with E-state index >= 15 is 0 Å². The van der Waals surface area contributed by atoms with Crippen LogP contribution in [0.25, 0.3) is 0 Å². The number of nitrogens with two attached hydrogens (primary N) is 1. The van der Waals surface area contributed by atoms with E-state index < -0.39 is 10.8 Å². The van der Waals surface area contributed by atoms with E-state index in [9.17, 15) is 14.9 Å². The third-order valence-corrected chi connectivity index (χ3v) is 2.77. The number of aromatic nitrogens is 1. The molecular formula is C12H18N4O4. The lowest BCUT2D eigenvalue weighted by Crippen LogP contribution is -2.38. The minimum Gasteiger partial charge on any atom is -0.396 e. The SMILES string of the molecule is CC(C)N(CCCO)C(=O)c1cc(N)ncc1[N+](=O)[O-]. The average Bonchev–Trinajstić information content (AvgIpc) is 2.38. The number of carbonyl (C=O) groups excluding carboxylic acids is 1. The molecule has 0 bridgehead atoms. The first kappa shape index (κ1) is 15.8. The number of aliphatic hydroxyl groups is 1. The molecule has 0 saturated carbocycles. The molecule has 8 nitrogen and oxygen atoms in total. The smallest absolute Gasteiger partial charge is 0.300 e. The van der Waals surface area contributed by atoms with Gasteiger partial charge in [0.15, 0.2) is 0 Å². The van der Waals surface area contributed by atoms with Gasteiger partial charge in [0, 0.05) is 19.2 Å². The van der Waals surface area contributed by atoms with Gasteiger partial charge in [0.25, 0.3) is 11.6 Å². The maximum atomic E-state index is 12.4. The predicted molar refractivity (Wildman–Crippen MR) is 73.2 cm³/mol. The Morgan fingerprint density at radius 3 is 2.75 bits per heavy atom. The summed E-state index contributed by atoms with van der Waals surface area (Å²) in [6.07, 6.45) is 1.38. The number of carbonyl (C=O) groups is 1. The number of pyridine rings is 1. The Labute approximate surface area is 116 Å². The van der Waals surface area contributed by atoms with Crippen LogP contribution in [0.15, 0.2) is 12.3 Å². The largest absolute Gasteiger partial charge is 0.396 e. The standard InChI is InChI=1S/C12H18N4O4/c1-8(2)15(4-3-5-17)12(18)9-6-11(13)14-7-10(9)16(19)20/h6-8,17H,3-5H2,1-2H3,(H2,13,14). The van der Waals surface area contributed by atoms with E-state index in [2.05, 4.69) is 4.98 Å². The highest BCUT2D eigenvalue weighted by Crippen LogP contribution is 2.22. The zero-order chi connectivity index (χ0) is 15.3. The summed E-state index contributed by atoms with van der Waals surface area (Å²) in [6, 6.07) is 1.05. The third-order valence-electron chi connectivity index (χ3n) is 2.77. The molecule has 20 heavy (non-hydrogen) atoms. The number of nitrogen functional groups attached to an aromatic ring is 1. The van der Waals surface area contributed by atoms with Crippen LogP contribution in [0.3, 0.4) is 0 Å². The fraction of sp³-hybridized carbons (Fsp3) is 0.500. The monoisotopic (exact) mass is 282 g/mol. The van der Waals surface area contributed by atoms with Crippen LogP contribution in [-0.4, -0.2) is 45.0 Å². The van der Waals surface area contributed by atoms with Gasteiger partial charge in [-0.15, -0.1) is 0 Å². The summed E-state index contributed by atoms with van der Waals surface area (Å²) >= 11 is 0. The van der Waals surface area contributed by atoms with Gasteiger partial charge < -0.3 is 15.7 Å². The first-order valence-electron chi connectivity index (χ1n) is 6.20. The molecule has 0 aliphatic carbocycles. The highest BCUT2D eigenvalue weighted by Gasteiger charge is 2.26. The number of nitro groups is 1. The van der Waals surface area contributed by atoms with Gasteiger partial charge in [0.2, 0.25) is 0 Å². The lowest BCUT2D eigenvalue weighted by atomic mass is 10.1. The van der Waals surface area contributed by atoms with Gasteiger partial charge >= 0.3 is 0 Å². The molecule has 3 N–H and O–H groups in total.